The SMILES string of the molecule is Cc1ccccc1CC(=O)NCc1ccc(NC(=O)CC#N)cc1. The van der Waals surface area contributed by atoms with E-state index in [4.69, 9.17) is 5.26 Å². The highest BCUT2D eigenvalue weighted by atomic mass is 16.2. The van der Waals surface area contributed by atoms with Crippen molar-refractivity contribution < 1.29 is 9.59 Å². The van der Waals surface area contributed by atoms with Crippen LogP contribution in [0, 0.1) is 18.3 Å². The van der Waals surface area contributed by atoms with Gasteiger partial charge in [0.1, 0.15) is 6.42 Å². The fourth-order valence-electron chi connectivity index (χ4n) is 2.23. The number of nitrogens with zero attached hydrogens (tertiary/aromatic N) is 1. The Morgan fingerprint density at radius 3 is 2.42 bits per heavy atom. The van der Waals surface area contributed by atoms with Crippen LogP contribution in [0.4, 0.5) is 5.69 Å². The molecule has 2 aromatic rings. The molecule has 0 radical (unpaired) electrons. The Kier molecular flexibility index (Phi) is 6.09. The van der Waals surface area contributed by atoms with Crippen LogP contribution in [-0.4, -0.2) is 11.8 Å². The minimum atomic E-state index is -0.336. The van der Waals surface area contributed by atoms with E-state index in [-0.39, 0.29) is 18.2 Å². The van der Waals surface area contributed by atoms with Gasteiger partial charge in [0, 0.05) is 12.2 Å². The van der Waals surface area contributed by atoms with Crippen molar-refractivity contribution in [2.75, 3.05) is 5.32 Å². The quantitative estimate of drug-likeness (QED) is 0.858. The van der Waals surface area contributed by atoms with Gasteiger partial charge in [-0.05, 0) is 35.7 Å². The van der Waals surface area contributed by atoms with Crippen LogP contribution < -0.4 is 10.6 Å². The predicted molar refractivity (Wildman–Crippen MR) is 92.0 cm³/mol. The summed E-state index contributed by atoms with van der Waals surface area (Å²) >= 11 is 0. The number of hydrogen-bond acceptors (Lipinski definition) is 3. The number of nitrogens with one attached hydrogen (secondary N) is 2. The first kappa shape index (κ1) is 17.2. The average Bonchev–Trinajstić information content (AvgIpc) is 2.56. The zero-order valence-electron chi connectivity index (χ0n) is 13.5. The van der Waals surface area contributed by atoms with Crippen LogP contribution in [0.3, 0.4) is 0 Å². The van der Waals surface area contributed by atoms with Gasteiger partial charge in [-0.15, -0.1) is 0 Å². The Bertz CT molecular complexity index is 761. The lowest BCUT2D eigenvalue weighted by Crippen LogP contribution is -2.24. The molecule has 0 saturated carbocycles. The second-order valence-corrected chi connectivity index (χ2v) is 5.46. The Morgan fingerprint density at radius 2 is 1.75 bits per heavy atom. The van der Waals surface area contributed by atoms with Crippen LogP contribution in [0.2, 0.25) is 0 Å². The van der Waals surface area contributed by atoms with Crippen LogP contribution in [0.5, 0.6) is 0 Å². The lowest BCUT2D eigenvalue weighted by Gasteiger charge is -2.08. The van der Waals surface area contributed by atoms with E-state index in [0.717, 1.165) is 16.7 Å². The summed E-state index contributed by atoms with van der Waals surface area (Å²) in [6.45, 7) is 2.42. The summed E-state index contributed by atoms with van der Waals surface area (Å²) in [7, 11) is 0. The van der Waals surface area contributed by atoms with E-state index in [1.54, 1.807) is 18.2 Å². The first-order valence-electron chi connectivity index (χ1n) is 7.65. The summed E-state index contributed by atoms with van der Waals surface area (Å²) in [6, 6.07) is 16.8. The molecule has 2 amide bonds. The minimum absolute atomic E-state index is 0.0318. The third-order valence-electron chi connectivity index (χ3n) is 3.58. The van der Waals surface area contributed by atoms with Crippen LogP contribution in [0.25, 0.3) is 0 Å². The molecular formula is C19H19N3O2. The number of nitriles is 1. The van der Waals surface area contributed by atoms with Crippen molar-refractivity contribution in [2.24, 2.45) is 0 Å². The normalized spacial score (nSPS) is 9.83. The van der Waals surface area contributed by atoms with Crippen LogP contribution in [-0.2, 0) is 22.6 Å². The fraction of sp³-hybridized carbons (Fsp3) is 0.211. The fourth-order valence-corrected chi connectivity index (χ4v) is 2.23. The maximum absolute atomic E-state index is 12.0. The van der Waals surface area contributed by atoms with Crippen LogP contribution in [0.1, 0.15) is 23.1 Å². The molecule has 0 heterocycles. The number of rotatable bonds is 6. The maximum atomic E-state index is 12.0. The maximum Gasteiger partial charge on any atom is 0.238 e. The first-order valence-corrected chi connectivity index (χ1v) is 7.65. The van der Waals surface area contributed by atoms with Gasteiger partial charge >= 0.3 is 0 Å². The van der Waals surface area contributed by atoms with E-state index in [2.05, 4.69) is 10.6 Å². The molecule has 5 nitrogen and oxygen atoms in total. The average molecular weight is 321 g/mol. The summed E-state index contributed by atoms with van der Waals surface area (Å²) in [6.07, 6.45) is 0.186. The number of amides is 2. The largest absolute Gasteiger partial charge is 0.352 e. The number of anilines is 1. The molecule has 0 aliphatic heterocycles. The monoisotopic (exact) mass is 321 g/mol. The highest BCUT2D eigenvalue weighted by Crippen LogP contribution is 2.11. The van der Waals surface area contributed by atoms with Crippen LogP contribution in [0.15, 0.2) is 48.5 Å². The summed E-state index contributed by atoms with van der Waals surface area (Å²) in [5.41, 5.74) is 3.69. The van der Waals surface area contributed by atoms with Crippen molar-refractivity contribution in [3.63, 3.8) is 0 Å². The highest BCUT2D eigenvalue weighted by Gasteiger charge is 2.06. The Balaban J connectivity index is 1.84. The first-order chi connectivity index (χ1) is 11.6. The zero-order valence-corrected chi connectivity index (χ0v) is 13.5. The molecule has 0 saturated heterocycles. The molecule has 0 aliphatic rings. The van der Waals surface area contributed by atoms with E-state index in [1.165, 1.54) is 0 Å². The van der Waals surface area contributed by atoms with Gasteiger partial charge in [0.05, 0.1) is 12.5 Å². The summed E-state index contributed by atoms with van der Waals surface area (Å²) < 4.78 is 0. The second kappa shape index (κ2) is 8.49. The number of carbonyl (C=O) groups is 2. The summed E-state index contributed by atoms with van der Waals surface area (Å²) in [5.74, 6) is -0.368. The molecular weight excluding hydrogens is 302 g/mol. The van der Waals surface area contributed by atoms with Gasteiger partial charge in [0.2, 0.25) is 11.8 Å². The van der Waals surface area contributed by atoms with Gasteiger partial charge in [0.15, 0.2) is 0 Å². The molecule has 0 aliphatic carbocycles. The molecule has 0 aromatic heterocycles. The number of hydrogen-bond donors (Lipinski definition) is 2. The lowest BCUT2D eigenvalue weighted by atomic mass is 10.1. The van der Waals surface area contributed by atoms with Crippen molar-refractivity contribution in [3.05, 3.63) is 65.2 Å². The molecule has 0 spiro atoms. The van der Waals surface area contributed by atoms with Gasteiger partial charge in [0.25, 0.3) is 0 Å². The third-order valence-corrected chi connectivity index (χ3v) is 3.58. The van der Waals surface area contributed by atoms with Crippen molar-refractivity contribution in [1.29, 1.82) is 5.26 Å². The predicted octanol–water partition coefficient (Wildman–Crippen LogP) is 2.71. The second-order valence-electron chi connectivity index (χ2n) is 5.46. The molecule has 0 fully saturated rings. The molecule has 0 atom stereocenters. The van der Waals surface area contributed by atoms with Crippen LogP contribution >= 0.6 is 0 Å². The van der Waals surface area contributed by atoms with Crippen molar-refractivity contribution in [1.82, 2.24) is 5.32 Å². The molecule has 0 unspecified atom stereocenters. The van der Waals surface area contributed by atoms with Crippen molar-refractivity contribution in [3.8, 4) is 6.07 Å². The standard InChI is InChI=1S/C19H19N3O2/c1-14-4-2-3-5-16(14)12-19(24)21-13-15-6-8-17(9-7-15)22-18(23)10-11-20/h2-9H,10,12-13H2,1H3,(H,21,24)(H,22,23). The molecule has 24 heavy (non-hydrogen) atoms. The minimum Gasteiger partial charge on any atom is -0.352 e. The Hall–Kier alpha value is -3.13. The van der Waals surface area contributed by atoms with E-state index >= 15 is 0 Å². The third kappa shape index (κ3) is 5.25. The molecule has 122 valence electrons. The summed E-state index contributed by atoms with van der Waals surface area (Å²) in [4.78, 5) is 23.3. The van der Waals surface area contributed by atoms with Gasteiger partial charge in [-0.25, -0.2) is 0 Å². The van der Waals surface area contributed by atoms with E-state index in [9.17, 15) is 9.59 Å². The van der Waals surface area contributed by atoms with Gasteiger partial charge in [-0.2, -0.15) is 5.26 Å². The number of carbonyl (C=O) groups excluding carboxylic acids is 2. The molecule has 2 aromatic carbocycles. The molecule has 5 heteroatoms. The van der Waals surface area contributed by atoms with Gasteiger partial charge in [-0.1, -0.05) is 36.4 Å². The molecule has 0 bridgehead atoms. The van der Waals surface area contributed by atoms with Gasteiger partial charge < -0.3 is 10.6 Å². The number of benzene rings is 2. The van der Waals surface area contributed by atoms with Crippen molar-refractivity contribution in [2.45, 2.75) is 26.3 Å². The topological polar surface area (TPSA) is 82.0 Å². The number of aryl methyl sites for hydroxylation is 1. The van der Waals surface area contributed by atoms with E-state index in [1.807, 2.05) is 43.3 Å². The van der Waals surface area contributed by atoms with E-state index in [0.29, 0.717) is 18.7 Å². The Morgan fingerprint density at radius 1 is 1.04 bits per heavy atom. The van der Waals surface area contributed by atoms with E-state index < -0.39 is 0 Å². The highest BCUT2D eigenvalue weighted by molar-refractivity contribution is 5.92. The smallest absolute Gasteiger partial charge is 0.238 e. The summed E-state index contributed by atoms with van der Waals surface area (Å²) in [5, 5.41) is 14.0. The Labute approximate surface area is 141 Å². The van der Waals surface area contributed by atoms with Crippen molar-refractivity contribution >= 4 is 17.5 Å². The zero-order chi connectivity index (χ0) is 17.4. The lowest BCUT2D eigenvalue weighted by molar-refractivity contribution is -0.120. The molecule has 2 rings (SSSR count). The van der Waals surface area contributed by atoms with Gasteiger partial charge in [-0.3, -0.25) is 9.59 Å². The molecule has 2 N–H and O–H groups in total.